The van der Waals surface area contributed by atoms with E-state index in [0.717, 1.165) is 16.2 Å². The molecule has 2 unspecified atom stereocenters. The predicted octanol–water partition coefficient (Wildman–Crippen LogP) is 3.29. The summed E-state index contributed by atoms with van der Waals surface area (Å²) in [5.41, 5.74) is 2.37. The number of amides is 1. The van der Waals surface area contributed by atoms with Crippen LogP contribution in [0.15, 0.2) is 35.2 Å². The minimum absolute atomic E-state index is 0.0684. The molecule has 25 heavy (non-hydrogen) atoms. The number of carbonyl (C=O) groups is 1. The summed E-state index contributed by atoms with van der Waals surface area (Å²) in [6, 6.07) is 9.32. The first-order valence-electron chi connectivity index (χ1n) is 8.27. The quantitative estimate of drug-likeness (QED) is 0.840. The van der Waals surface area contributed by atoms with Gasteiger partial charge in [-0.2, -0.15) is 5.10 Å². The average molecular weight is 362 g/mol. The normalized spacial score (nSPS) is 14.2. The van der Waals surface area contributed by atoms with Gasteiger partial charge in [0.1, 0.15) is 5.69 Å². The Kier molecular flexibility index (Phi) is 5.52. The molecule has 0 fully saturated rings. The fraction of sp³-hybridized carbons (Fsp3) is 0.474. The van der Waals surface area contributed by atoms with Gasteiger partial charge >= 0.3 is 0 Å². The van der Waals surface area contributed by atoms with E-state index < -0.39 is 10.8 Å². The summed E-state index contributed by atoms with van der Waals surface area (Å²) >= 11 is 0. The SMILES string of the molecule is CC(c1ccc(S(C)=O)cc1)N(C)C(=O)c1cc(C(C)(C)C)nn1C. The molecule has 0 saturated carbocycles. The van der Waals surface area contributed by atoms with Crippen LogP contribution in [0.5, 0.6) is 0 Å². The summed E-state index contributed by atoms with van der Waals surface area (Å²) in [6.07, 6.45) is 1.66. The van der Waals surface area contributed by atoms with Crippen molar-refractivity contribution in [2.24, 2.45) is 7.05 Å². The van der Waals surface area contributed by atoms with E-state index in [-0.39, 0.29) is 17.4 Å². The molecular weight excluding hydrogens is 334 g/mol. The number of hydrogen-bond donors (Lipinski definition) is 0. The van der Waals surface area contributed by atoms with Crippen molar-refractivity contribution in [3.63, 3.8) is 0 Å². The smallest absolute Gasteiger partial charge is 0.272 e. The molecule has 0 aliphatic rings. The molecular formula is C19H27N3O2S. The second-order valence-electron chi connectivity index (χ2n) is 7.40. The van der Waals surface area contributed by atoms with E-state index in [9.17, 15) is 9.00 Å². The zero-order valence-corrected chi connectivity index (χ0v) is 16.8. The van der Waals surface area contributed by atoms with E-state index in [1.165, 1.54) is 0 Å². The Hall–Kier alpha value is -1.95. The van der Waals surface area contributed by atoms with Gasteiger partial charge in [-0.3, -0.25) is 13.7 Å². The number of carbonyl (C=O) groups excluding carboxylic acids is 1. The third-order valence-corrected chi connectivity index (χ3v) is 5.40. The molecule has 1 aromatic carbocycles. The van der Waals surface area contributed by atoms with Crippen LogP contribution in [-0.4, -0.2) is 38.1 Å². The first-order chi connectivity index (χ1) is 11.5. The van der Waals surface area contributed by atoms with E-state index in [2.05, 4.69) is 25.9 Å². The maximum absolute atomic E-state index is 12.9. The second-order valence-corrected chi connectivity index (χ2v) is 8.78. The van der Waals surface area contributed by atoms with Crippen molar-refractivity contribution in [3.05, 3.63) is 47.3 Å². The molecule has 0 aliphatic heterocycles. The first-order valence-corrected chi connectivity index (χ1v) is 9.83. The molecule has 0 spiro atoms. The fourth-order valence-corrected chi connectivity index (χ4v) is 3.07. The zero-order valence-electron chi connectivity index (χ0n) is 16.0. The summed E-state index contributed by atoms with van der Waals surface area (Å²) < 4.78 is 13.2. The topological polar surface area (TPSA) is 55.2 Å². The van der Waals surface area contributed by atoms with Crippen LogP contribution in [0.2, 0.25) is 0 Å². The first kappa shape index (κ1) is 19.4. The van der Waals surface area contributed by atoms with Crippen molar-refractivity contribution in [3.8, 4) is 0 Å². The van der Waals surface area contributed by atoms with E-state index in [1.54, 1.807) is 29.9 Å². The van der Waals surface area contributed by atoms with Gasteiger partial charge in [0.2, 0.25) is 0 Å². The summed E-state index contributed by atoms with van der Waals surface area (Å²) in [5.74, 6) is -0.0684. The van der Waals surface area contributed by atoms with E-state index in [4.69, 9.17) is 0 Å². The zero-order chi connectivity index (χ0) is 18.9. The Morgan fingerprint density at radius 1 is 1.24 bits per heavy atom. The molecule has 1 heterocycles. The lowest BCUT2D eigenvalue weighted by Gasteiger charge is -2.25. The summed E-state index contributed by atoms with van der Waals surface area (Å²) in [7, 11) is 2.59. The van der Waals surface area contributed by atoms with Gasteiger partial charge in [-0.1, -0.05) is 32.9 Å². The molecule has 0 N–H and O–H groups in total. The molecule has 6 heteroatoms. The van der Waals surface area contributed by atoms with Gasteiger partial charge in [-0.15, -0.1) is 0 Å². The molecule has 136 valence electrons. The molecule has 5 nitrogen and oxygen atoms in total. The molecule has 2 atom stereocenters. The van der Waals surface area contributed by atoms with Gasteiger partial charge in [0.15, 0.2) is 0 Å². The lowest BCUT2D eigenvalue weighted by molar-refractivity contribution is 0.0731. The lowest BCUT2D eigenvalue weighted by atomic mass is 9.92. The third-order valence-electron chi connectivity index (χ3n) is 4.46. The molecule has 0 aliphatic carbocycles. The highest BCUT2D eigenvalue weighted by Gasteiger charge is 2.25. The number of aryl methyl sites for hydroxylation is 1. The van der Waals surface area contributed by atoms with Gasteiger partial charge in [-0.05, 0) is 30.7 Å². The predicted molar refractivity (Wildman–Crippen MR) is 101 cm³/mol. The molecule has 1 aromatic heterocycles. The van der Waals surface area contributed by atoms with Crippen LogP contribution >= 0.6 is 0 Å². The third kappa shape index (κ3) is 4.18. The highest BCUT2D eigenvalue weighted by molar-refractivity contribution is 7.84. The van der Waals surface area contributed by atoms with Gasteiger partial charge in [0.05, 0.1) is 11.7 Å². The maximum atomic E-state index is 12.9. The minimum Gasteiger partial charge on any atom is -0.334 e. The van der Waals surface area contributed by atoms with Crippen molar-refractivity contribution < 1.29 is 9.00 Å². The van der Waals surface area contributed by atoms with Gasteiger partial charge in [-0.25, -0.2) is 0 Å². The van der Waals surface area contributed by atoms with Crippen molar-refractivity contribution in [2.45, 2.75) is 44.0 Å². The minimum atomic E-state index is -1.00. The van der Waals surface area contributed by atoms with Crippen LogP contribution in [0.3, 0.4) is 0 Å². The summed E-state index contributed by atoms with van der Waals surface area (Å²) in [5, 5.41) is 4.48. The second kappa shape index (κ2) is 7.12. The fourth-order valence-electron chi connectivity index (χ4n) is 2.55. The Labute approximate surface area is 152 Å². The average Bonchev–Trinajstić information content (AvgIpc) is 2.95. The standard InChI is InChI=1S/C19H27N3O2S/c1-13(14-8-10-15(11-9-14)25(7)24)21(5)18(23)16-12-17(19(2,3)4)20-22(16)6/h8-13H,1-7H3. The van der Waals surface area contributed by atoms with Crippen LogP contribution in [0, 0.1) is 0 Å². The summed E-state index contributed by atoms with van der Waals surface area (Å²) in [4.78, 5) is 15.4. The van der Waals surface area contributed by atoms with E-state index in [1.807, 2.05) is 37.3 Å². The van der Waals surface area contributed by atoms with Gasteiger partial charge in [0.25, 0.3) is 5.91 Å². The van der Waals surface area contributed by atoms with Crippen molar-refractivity contribution in [1.82, 2.24) is 14.7 Å². The van der Waals surface area contributed by atoms with E-state index >= 15 is 0 Å². The molecule has 2 rings (SSSR count). The Morgan fingerprint density at radius 2 is 1.80 bits per heavy atom. The number of nitrogens with zero attached hydrogens (tertiary/aromatic N) is 3. The molecule has 0 radical (unpaired) electrons. The Balaban J connectivity index is 2.24. The Morgan fingerprint density at radius 3 is 2.24 bits per heavy atom. The van der Waals surface area contributed by atoms with Gasteiger partial charge in [0, 0.05) is 41.5 Å². The number of aromatic nitrogens is 2. The van der Waals surface area contributed by atoms with Crippen LogP contribution in [0.1, 0.15) is 55.5 Å². The largest absolute Gasteiger partial charge is 0.334 e. The van der Waals surface area contributed by atoms with E-state index in [0.29, 0.717) is 5.69 Å². The maximum Gasteiger partial charge on any atom is 0.272 e. The molecule has 2 aromatic rings. The number of benzene rings is 1. The number of hydrogen-bond acceptors (Lipinski definition) is 3. The van der Waals surface area contributed by atoms with Crippen LogP contribution in [-0.2, 0) is 23.3 Å². The number of rotatable bonds is 4. The monoisotopic (exact) mass is 361 g/mol. The molecule has 0 bridgehead atoms. The molecule has 1 amide bonds. The lowest BCUT2D eigenvalue weighted by Crippen LogP contribution is -2.31. The van der Waals surface area contributed by atoms with Crippen LogP contribution in [0.25, 0.3) is 0 Å². The highest BCUT2D eigenvalue weighted by Crippen LogP contribution is 2.25. The van der Waals surface area contributed by atoms with Crippen LogP contribution in [0.4, 0.5) is 0 Å². The van der Waals surface area contributed by atoms with Crippen molar-refractivity contribution >= 4 is 16.7 Å². The summed E-state index contributed by atoms with van der Waals surface area (Å²) in [6.45, 7) is 8.22. The Bertz CT molecular complexity index is 788. The van der Waals surface area contributed by atoms with Crippen LogP contribution < -0.4 is 0 Å². The highest BCUT2D eigenvalue weighted by atomic mass is 32.2. The van der Waals surface area contributed by atoms with Crippen molar-refractivity contribution in [2.75, 3.05) is 13.3 Å². The van der Waals surface area contributed by atoms with Gasteiger partial charge < -0.3 is 4.90 Å². The van der Waals surface area contributed by atoms with Crippen molar-refractivity contribution in [1.29, 1.82) is 0 Å². The molecule has 0 saturated heterocycles.